The van der Waals surface area contributed by atoms with Gasteiger partial charge in [-0.2, -0.15) is 0 Å². The molecule has 1 aromatic heterocycles. The van der Waals surface area contributed by atoms with Crippen molar-refractivity contribution in [1.82, 2.24) is 10.3 Å². The maximum Gasteiger partial charge on any atom is 0.339 e. The van der Waals surface area contributed by atoms with Gasteiger partial charge in [-0.1, -0.05) is 0 Å². The van der Waals surface area contributed by atoms with E-state index in [1.807, 2.05) is 0 Å². The van der Waals surface area contributed by atoms with Gasteiger partial charge in [-0.3, -0.25) is 9.78 Å². The number of nitrogens with zero attached hydrogens (tertiary/aromatic N) is 1. The van der Waals surface area contributed by atoms with Crippen LogP contribution in [0.1, 0.15) is 20.8 Å². The molecule has 21 heavy (non-hydrogen) atoms. The lowest BCUT2D eigenvalue weighted by Crippen LogP contribution is -2.19. The molecule has 2 aromatic rings. The van der Waals surface area contributed by atoms with E-state index < -0.39 is 17.7 Å². The normalized spacial score (nSPS) is 10.0. The predicted octanol–water partition coefficient (Wildman–Crippen LogP) is 2.07. The fraction of sp³-hybridized carbons (Fsp3) is 0.0714. The van der Waals surface area contributed by atoms with E-state index in [2.05, 4.69) is 10.3 Å². The van der Waals surface area contributed by atoms with E-state index >= 15 is 0 Å². The van der Waals surface area contributed by atoms with Gasteiger partial charge in [0.2, 0.25) is 0 Å². The van der Waals surface area contributed by atoms with Crippen LogP contribution in [-0.2, 0) is 0 Å². The molecule has 1 amide bonds. The van der Waals surface area contributed by atoms with Crippen LogP contribution in [0.4, 0.5) is 4.39 Å². The number of amides is 1. The Morgan fingerprint density at radius 2 is 2.05 bits per heavy atom. The molecular formula is C14H11FN2O4. The Hall–Kier alpha value is -2.96. The summed E-state index contributed by atoms with van der Waals surface area (Å²) in [6.45, 7) is 0. The van der Waals surface area contributed by atoms with Crippen molar-refractivity contribution in [2.45, 2.75) is 0 Å². The zero-order valence-electron chi connectivity index (χ0n) is 11.0. The molecule has 2 rings (SSSR count). The quantitative estimate of drug-likeness (QED) is 0.900. The number of nitrogens with one attached hydrogen (secondary N) is 1. The third-order valence-corrected chi connectivity index (χ3v) is 2.59. The number of halogens is 1. The summed E-state index contributed by atoms with van der Waals surface area (Å²) >= 11 is 0. The van der Waals surface area contributed by atoms with Crippen molar-refractivity contribution in [2.75, 3.05) is 7.05 Å². The van der Waals surface area contributed by atoms with E-state index in [9.17, 15) is 14.0 Å². The molecule has 2 N–H and O–H groups in total. The minimum absolute atomic E-state index is 0.0297. The van der Waals surface area contributed by atoms with Crippen molar-refractivity contribution in [2.24, 2.45) is 0 Å². The number of benzene rings is 1. The second kappa shape index (κ2) is 6.00. The minimum Gasteiger partial charge on any atom is -0.478 e. The number of pyridine rings is 1. The summed E-state index contributed by atoms with van der Waals surface area (Å²) in [5, 5.41) is 11.4. The molecule has 1 aromatic carbocycles. The highest BCUT2D eigenvalue weighted by Crippen LogP contribution is 2.26. The lowest BCUT2D eigenvalue weighted by atomic mass is 10.2. The molecule has 0 aliphatic rings. The first kappa shape index (κ1) is 14.4. The Kier molecular flexibility index (Phi) is 4.13. The van der Waals surface area contributed by atoms with Gasteiger partial charge in [-0.05, 0) is 24.3 Å². The fourth-order valence-electron chi connectivity index (χ4n) is 1.61. The minimum atomic E-state index is -1.31. The molecule has 0 aliphatic heterocycles. The van der Waals surface area contributed by atoms with Crippen molar-refractivity contribution >= 4 is 11.9 Å². The van der Waals surface area contributed by atoms with Crippen LogP contribution >= 0.6 is 0 Å². The Balaban J connectivity index is 2.34. The zero-order chi connectivity index (χ0) is 15.4. The first-order chi connectivity index (χ1) is 10.0. The topological polar surface area (TPSA) is 88.5 Å². The second-order valence-corrected chi connectivity index (χ2v) is 4.00. The van der Waals surface area contributed by atoms with E-state index in [4.69, 9.17) is 9.84 Å². The van der Waals surface area contributed by atoms with Crippen molar-refractivity contribution in [3.05, 3.63) is 53.6 Å². The van der Waals surface area contributed by atoms with Crippen molar-refractivity contribution < 1.29 is 23.8 Å². The Bertz CT molecular complexity index is 703. The highest BCUT2D eigenvalue weighted by Gasteiger charge is 2.14. The molecule has 7 heteroatoms. The van der Waals surface area contributed by atoms with Gasteiger partial charge in [0.1, 0.15) is 28.6 Å². The summed E-state index contributed by atoms with van der Waals surface area (Å²) in [5.74, 6) is -2.21. The second-order valence-electron chi connectivity index (χ2n) is 4.00. The van der Waals surface area contributed by atoms with Crippen molar-refractivity contribution in [1.29, 1.82) is 0 Å². The molecule has 0 saturated carbocycles. The SMILES string of the molecule is CNC(=O)c1cc(Oc2ccc(F)cc2C(=O)O)ccn1. The maximum atomic E-state index is 13.1. The lowest BCUT2D eigenvalue weighted by Gasteiger charge is -2.09. The number of aromatic carboxylic acids is 1. The van der Waals surface area contributed by atoms with Gasteiger partial charge in [0.15, 0.2) is 0 Å². The van der Waals surface area contributed by atoms with Crippen LogP contribution in [-0.4, -0.2) is 29.0 Å². The van der Waals surface area contributed by atoms with Gasteiger partial charge in [0, 0.05) is 19.3 Å². The van der Waals surface area contributed by atoms with Crippen molar-refractivity contribution in [3.63, 3.8) is 0 Å². The molecule has 0 bridgehead atoms. The molecule has 0 fully saturated rings. The molecule has 108 valence electrons. The summed E-state index contributed by atoms with van der Waals surface area (Å²) in [6, 6.07) is 5.97. The van der Waals surface area contributed by atoms with Crippen molar-refractivity contribution in [3.8, 4) is 11.5 Å². The molecule has 1 heterocycles. The summed E-state index contributed by atoms with van der Waals surface area (Å²) < 4.78 is 18.5. The van der Waals surface area contributed by atoms with Gasteiger partial charge < -0.3 is 15.2 Å². The van der Waals surface area contributed by atoms with E-state index in [1.54, 1.807) is 0 Å². The molecule has 6 nitrogen and oxygen atoms in total. The fourth-order valence-corrected chi connectivity index (χ4v) is 1.61. The predicted molar refractivity (Wildman–Crippen MR) is 71.1 cm³/mol. The number of carboxylic acids is 1. The third-order valence-electron chi connectivity index (χ3n) is 2.59. The molecule has 0 aliphatic carbocycles. The van der Waals surface area contributed by atoms with E-state index in [0.717, 1.165) is 12.1 Å². The van der Waals surface area contributed by atoms with Crippen LogP contribution in [0.15, 0.2) is 36.5 Å². The molecule has 0 atom stereocenters. The monoisotopic (exact) mass is 290 g/mol. The number of ether oxygens (including phenoxy) is 1. The summed E-state index contributed by atoms with van der Waals surface area (Å²) in [6.07, 6.45) is 1.35. The van der Waals surface area contributed by atoms with Crippen LogP contribution in [0, 0.1) is 5.82 Å². The average Bonchev–Trinajstić information content (AvgIpc) is 2.48. The van der Waals surface area contributed by atoms with E-state index in [0.29, 0.717) is 0 Å². The molecule has 0 spiro atoms. The number of rotatable bonds is 4. The first-order valence-electron chi connectivity index (χ1n) is 5.90. The Labute approximate surface area is 119 Å². The number of carbonyl (C=O) groups excluding carboxylic acids is 1. The standard InChI is InChI=1S/C14H11FN2O4/c1-16-13(18)11-7-9(4-5-17-11)21-12-3-2-8(15)6-10(12)14(19)20/h2-7H,1H3,(H,16,18)(H,19,20). The number of aromatic nitrogens is 1. The third kappa shape index (κ3) is 3.33. The average molecular weight is 290 g/mol. The molecule has 0 radical (unpaired) electrons. The highest BCUT2D eigenvalue weighted by molar-refractivity contribution is 5.92. The highest BCUT2D eigenvalue weighted by atomic mass is 19.1. The van der Waals surface area contributed by atoms with Gasteiger partial charge in [0.25, 0.3) is 5.91 Å². The van der Waals surface area contributed by atoms with Gasteiger partial charge in [-0.25, -0.2) is 9.18 Å². The van der Waals surface area contributed by atoms with Crippen LogP contribution in [0.2, 0.25) is 0 Å². The van der Waals surface area contributed by atoms with Gasteiger partial charge >= 0.3 is 5.97 Å². The van der Waals surface area contributed by atoms with Crippen LogP contribution < -0.4 is 10.1 Å². The van der Waals surface area contributed by atoms with Crippen LogP contribution in [0.25, 0.3) is 0 Å². The molecule has 0 saturated heterocycles. The van der Waals surface area contributed by atoms with E-state index in [1.165, 1.54) is 31.4 Å². The zero-order valence-corrected chi connectivity index (χ0v) is 11.0. The molecule has 0 unspecified atom stereocenters. The van der Waals surface area contributed by atoms with Gasteiger partial charge in [-0.15, -0.1) is 0 Å². The van der Waals surface area contributed by atoms with E-state index in [-0.39, 0.29) is 22.8 Å². The molecular weight excluding hydrogens is 279 g/mol. The smallest absolute Gasteiger partial charge is 0.339 e. The number of carbonyl (C=O) groups is 2. The summed E-state index contributed by atoms with van der Waals surface area (Å²) in [5.41, 5.74) is -0.192. The van der Waals surface area contributed by atoms with Gasteiger partial charge in [0.05, 0.1) is 0 Å². The Morgan fingerprint density at radius 1 is 1.29 bits per heavy atom. The lowest BCUT2D eigenvalue weighted by molar-refractivity contribution is 0.0693. The summed E-state index contributed by atoms with van der Waals surface area (Å²) in [7, 11) is 1.46. The largest absolute Gasteiger partial charge is 0.478 e. The first-order valence-corrected chi connectivity index (χ1v) is 5.90. The number of hydrogen-bond donors (Lipinski definition) is 2. The summed E-state index contributed by atoms with van der Waals surface area (Å²) in [4.78, 5) is 26.4. The Morgan fingerprint density at radius 3 is 2.71 bits per heavy atom. The van der Waals surface area contributed by atoms with Crippen LogP contribution in [0.3, 0.4) is 0 Å². The number of hydrogen-bond acceptors (Lipinski definition) is 4. The maximum absolute atomic E-state index is 13.1. The van der Waals surface area contributed by atoms with Crippen LogP contribution in [0.5, 0.6) is 11.5 Å². The number of carboxylic acid groups (broad SMARTS) is 1.